The van der Waals surface area contributed by atoms with Crippen molar-refractivity contribution >= 4 is 10.0 Å². The van der Waals surface area contributed by atoms with E-state index in [1.54, 1.807) is 25.3 Å². The average Bonchev–Trinajstić information content (AvgIpc) is 2.64. The lowest BCUT2D eigenvalue weighted by atomic mass is 10.1. The molecular weight excluding hydrogens is 288 g/mol. The van der Waals surface area contributed by atoms with Crippen LogP contribution in [0.25, 0.3) is 0 Å². The molecule has 0 amide bonds. The van der Waals surface area contributed by atoms with Gasteiger partial charge in [0.15, 0.2) is 0 Å². The number of sulfonamides is 1. The predicted molar refractivity (Wildman–Crippen MR) is 82.9 cm³/mol. The summed E-state index contributed by atoms with van der Waals surface area (Å²) in [6.07, 6.45) is 4.88. The molecule has 1 aliphatic carbocycles. The maximum absolute atomic E-state index is 12.5. The fourth-order valence-electron chi connectivity index (χ4n) is 2.77. The molecule has 2 unspecified atom stereocenters. The van der Waals surface area contributed by atoms with Gasteiger partial charge in [0.2, 0.25) is 10.0 Å². The molecule has 3 N–H and O–H groups in total. The summed E-state index contributed by atoms with van der Waals surface area (Å²) in [4.78, 5) is 0.261. The van der Waals surface area contributed by atoms with Crippen LogP contribution in [-0.4, -0.2) is 27.6 Å². The molecule has 0 aliphatic heterocycles. The van der Waals surface area contributed by atoms with E-state index in [4.69, 9.17) is 10.5 Å². The van der Waals surface area contributed by atoms with Gasteiger partial charge in [-0.2, -0.15) is 0 Å². The first-order chi connectivity index (χ1) is 9.94. The molecule has 2 rings (SSSR count). The van der Waals surface area contributed by atoms with Gasteiger partial charge in [-0.1, -0.05) is 19.3 Å². The molecule has 1 aromatic carbocycles. The second-order valence-electron chi connectivity index (χ2n) is 5.66. The van der Waals surface area contributed by atoms with Gasteiger partial charge in [0.05, 0.1) is 12.0 Å². The fourth-order valence-corrected chi connectivity index (χ4v) is 4.17. The van der Waals surface area contributed by atoms with Gasteiger partial charge in [0.1, 0.15) is 5.75 Å². The minimum absolute atomic E-state index is 0.110. The normalized spacial score (nSPS) is 23.6. The number of hydrogen-bond acceptors (Lipinski definition) is 4. The van der Waals surface area contributed by atoms with Crippen molar-refractivity contribution in [1.82, 2.24) is 4.72 Å². The van der Waals surface area contributed by atoms with Gasteiger partial charge in [-0.05, 0) is 43.5 Å². The van der Waals surface area contributed by atoms with Crippen molar-refractivity contribution in [2.45, 2.75) is 56.0 Å². The smallest absolute Gasteiger partial charge is 0.240 e. The van der Waals surface area contributed by atoms with E-state index in [0.717, 1.165) is 37.7 Å². The van der Waals surface area contributed by atoms with Crippen molar-refractivity contribution in [1.29, 1.82) is 0 Å². The maximum atomic E-state index is 12.5. The van der Waals surface area contributed by atoms with Crippen molar-refractivity contribution < 1.29 is 13.2 Å². The van der Waals surface area contributed by atoms with E-state index in [9.17, 15) is 8.42 Å². The van der Waals surface area contributed by atoms with Crippen LogP contribution in [-0.2, 0) is 10.0 Å². The highest BCUT2D eigenvalue weighted by molar-refractivity contribution is 7.89. The van der Waals surface area contributed by atoms with Crippen LogP contribution in [0.2, 0.25) is 0 Å². The van der Waals surface area contributed by atoms with Crippen LogP contribution >= 0.6 is 0 Å². The zero-order chi connectivity index (χ0) is 15.5. The quantitative estimate of drug-likeness (QED) is 0.833. The van der Waals surface area contributed by atoms with Gasteiger partial charge < -0.3 is 10.5 Å². The Hall–Kier alpha value is -1.11. The first-order valence-corrected chi connectivity index (χ1v) is 8.85. The van der Waals surface area contributed by atoms with E-state index in [0.29, 0.717) is 5.75 Å². The molecular formula is C15H24N2O3S. The Morgan fingerprint density at radius 2 is 1.95 bits per heavy atom. The molecule has 1 aliphatic rings. The van der Waals surface area contributed by atoms with Crippen LogP contribution in [0, 0.1) is 6.92 Å². The molecule has 0 heterocycles. The second-order valence-corrected chi connectivity index (χ2v) is 7.38. The Morgan fingerprint density at radius 1 is 1.24 bits per heavy atom. The number of hydrogen-bond donors (Lipinski definition) is 2. The molecule has 0 saturated heterocycles. The van der Waals surface area contributed by atoms with Gasteiger partial charge in [0, 0.05) is 12.1 Å². The first-order valence-electron chi connectivity index (χ1n) is 7.36. The summed E-state index contributed by atoms with van der Waals surface area (Å²) in [6.45, 7) is 1.83. The Labute approximate surface area is 126 Å². The fraction of sp³-hybridized carbons (Fsp3) is 0.600. The van der Waals surface area contributed by atoms with Crippen molar-refractivity contribution in [3.8, 4) is 5.75 Å². The number of benzene rings is 1. The van der Waals surface area contributed by atoms with Gasteiger partial charge in [-0.3, -0.25) is 0 Å². The molecule has 2 atom stereocenters. The minimum Gasteiger partial charge on any atom is -0.496 e. The molecule has 0 radical (unpaired) electrons. The highest BCUT2D eigenvalue weighted by Crippen LogP contribution is 2.23. The summed E-state index contributed by atoms with van der Waals surface area (Å²) in [5.74, 6) is 0.681. The van der Waals surface area contributed by atoms with E-state index >= 15 is 0 Å². The van der Waals surface area contributed by atoms with E-state index in [1.165, 1.54) is 0 Å². The van der Waals surface area contributed by atoms with E-state index in [2.05, 4.69) is 4.72 Å². The lowest BCUT2D eigenvalue weighted by Gasteiger charge is -2.22. The topological polar surface area (TPSA) is 81.4 Å². The Bertz CT molecular complexity index is 587. The maximum Gasteiger partial charge on any atom is 0.240 e. The second kappa shape index (κ2) is 6.77. The summed E-state index contributed by atoms with van der Waals surface area (Å²) >= 11 is 0. The molecule has 1 saturated carbocycles. The van der Waals surface area contributed by atoms with Crippen LogP contribution in [0.1, 0.15) is 37.7 Å². The SMILES string of the molecule is COc1ccc(S(=O)(=O)NC2CCCCCC2N)cc1C. The summed E-state index contributed by atoms with van der Waals surface area (Å²) in [6, 6.07) is 4.58. The number of nitrogens with one attached hydrogen (secondary N) is 1. The monoisotopic (exact) mass is 312 g/mol. The summed E-state index contributed by atoms with van der Waals surface area (Å²) in [5, 5.41) is 0. The molecule has 21 heavy (non-hydrogen) atoms. The van der Waals surface area contributed by atoms with Gasteiger partial charge in [-0.15, -0.1) is 0 Å². The van der Waals surface area contributed by atoms with Crippen molar-refractivity contribution in [2.24, 2.45) is 5.73 Å². The summed E-state index contributed by atoms with van der Waals surface area (Å²) < 4.78 is 32.9. The van der Waals surface area contributed by atoms with E-state index < -0.39 is 10.0 Å². The minimum atomic E-state index is -3.54. The number of methoxy groups -OCH3 is 1. The predicted octanol–water partition coefficient (Wildman–Crippen LogP) is 1.94. The van der Waals surface area contributed by atoms with Gasteiger partial charge in [-0.25, -0.2) is 13.1 Å². The molecule has 0 aromatic heterocycles. The first kappa shape index (κ1) is 16.3. The number of nitrogens with two attached hydrogens (primary N) is 1. The average molecular weight is 312 g/mol. The summed E-state index contributed by atoms with van der Waals surface area (Å²) in [5.41, 5.74) is 6.89. The zero-order valence-electron chi connectivity index (χ0n) is 12.6. The molecule has 5 nitrogen and oxygen atoms in total. The highest BCUT2D eigenvalue weighted by atomic mass is 32.2. The largest absolute Gasteiger partial charge is 0.496 e. The highest BCUT2D eigenvalue weighted by Gasteiger charge is 2.26. The standard InChI is InChI=1S/C15H24N2O3S/c1-11-10-12(8-9-15(11)20-2)21(18,19)17-14-7-5-3-4-6-13(14)16/h8-10,13-14,17H,3-7,16H2,1-2H3. The van der Waals surface area contributed by atoms with Crippen molar-refractivity contribution in [3.63, 3.8) is 0 Å². The third-order valence-electron chi connectivity index (χ3n) is 4.05. The lowest BCUT2D eigenvalue weighted by Crippen LogP contribution is -2.46. The van der Waals surface area contributed by atoms with Crippen LogP contribution in [0.4, 0.5) is 0 Å². The number of rotatable bonds is 4. The van der Waals surface area contributed by atoms with Crippen molar-refractivity contribution in [2.75, 3.05) is 7.11 Å². The number of ether oxygens (including phenoxy) is 1. The van der Waals surface area contributed by atoms with E-state index in [1.807, 2.05) is 6.92 Å². The molecule has 0 bridgehead atoms. The van der Waals surface area contributed by atoms with E-state index in [-0.39, 0.29) is 17.0 Å². The van der Waals surface area contributed by atoms with Crippen LogP contribution < -0.4 is 15.2 Å². The lowest BCUT2D eigenvalue weighted by molar-refractivity contribution is 0.411. The van der Waals surface area contributed by atoms with Gasteiger partial charge in [0.25, 0.3) is 0 Å². The van der Waals surface area contributed by atoms with Crippen LogP contribution in [0.15, 0.2) is 23.1 Å². The molecule has 0 spiro atoms. The van der Waals surface area contributed by atoms with Gasteiger partial charge >= 0.3 is 0 Å². The molecule has 1 aromatic rings. The summed E-state index contributed by atoms with van der Waals surface area (Å²) in [7, 11) is -1.97. The molecule has 118 valence electrons. The molecule has 6 heteroatoms. The Morgan fingerprint density at radius 3 is 2.62 bits per heavy atom. The third kappa shape index (κ3) is 3.96. The molecule has 1 fully saturated rings. The Kier molecular flexibility index (Phi) is 5.24. The van der Waals surface area contributed by atoms with Crippen LogP contribution in [0.5, 0.6) is 5.75 Å². The zero-order valence-corrected chi connectivity index (χ0v) is 13.4. The Balaban J connectivity index is 2.19. The van der Waals surface area contributed by atoms with Crippen molar-refractivity contribution in [3.05, 3.63) is 23.8 Å². The third-order valence-corrected chi connectivity index (χ3v) is 5.54. The number of aryl methyl sites for hydroxylation is 1. The van der Waals surface area contributed by atoms with Crippen LogP contribution in [0.3, 0.4) is 0 Å².